The monoisotopic (exact) mass is 249 g/mol. The average Bonchev–Trinajstić information content (AvgIpc) is 2.39. The van der Waals surface area contributed by atoms with Crippen molar-refractivity contribution in [1.29, 1.82) is 0 Å². The lowest BCUT2D eigenvalue weighted by Crippen LogP contribution is -1.79. The summed E-state index contributed by atoms with van der Waals surface area (Å²) in [6.07, 6.45) is 24.9. The van der Waals surface area contributed by atoms with E-state index in [9.17, 15) is 0 Å². The lowest BCUT2D eigenvalue weighted by atomic mass is 10.1. The van der Waals surface area contributed by atoms with Gasteiger partial charge in [-0.2, -0.15) is 0 Å². The maximum atomic E-state index is 3.83. The molecule has 0 aliphatic heterocycles. The molecule has 0 N–H and O–H groups in total. The first-order valence-electron chi connectivity index (χ1n) is 8.01. The SMILES string of the molecule is [CH2]CCC=CCCCCCCCCC=CCCC. The summed E-state index contributed by atoms with van der Waals surface area (Å²) in [6.45, 7) is 6.06. The third kappa shape index (κ3) is 15.5. The molecule has 1 radical (unpaired) electrons. The van der Waals surface area contributed by atoms with E-state index in [1.165, 1.54) is 64.2 Å². The summed E-state index contributed by atoms with van der Waals surface area (Å²) in [5.74, 6) is 0. The van der Waals surface area contributed by atoms with Crippen LogP contribution in [0.4, 0.5) is 0 Å². The van der Waals surface area contributed by atoms with E-state index in [1.807, 2.05) is 0 Å². The van der Waals surface area contributed by atoms with E-state index in [2.05, 4.69) is 38.2 Å². The van der Waals surface area contributed by atoms with Crippen LogP contribution in [0.25, 0.3) is 0 Å². The molecule has 0 aliphatic rings. The molecule has 0 aromatic carbocycles. The van der Waals surface area contributed by atoms with Crippen molar-refractivity contribution in [2.75, 3.05) is 0 Å². The van der Waals surface area contributed by atoms with E-state index < -0.39 is 0 Å². The zero-order valence-electron chi connectivity index (χ0n) is 12.5. The Balaban J connectivity index is 3.03. The van der Waals surface area contributed by atoms with Crippen LogP contribution in [0.1, 0.15) is 84.0 Å². The number of allylic oxidation sites excluding steroid dienone is 4. The summed E-state index contributed by atoms with van der Waals surface area (Å²) in [5.41, 5.74) is 0. The Kier molecular flexibility index (Phi) is 16.0. The van der Waals surface area contributed by atoms with E-state index in [-0.39, 0.29) is 0 Å². The fourth-order valence-electron chi connectivity index (χ4n) is 1.99. The molecule has 105 valence electrons. The molecular formula is C18H33. The largest absolute Gasteiger partial charge is 0.0885 e. The van der Waals surface area contributed by atoms with Crippen molar-refractivity contribution in [3.05, 3.63) is 31.2 Å². The molecule has 0 nitrogen and oxygen atoms in total. The highest BCUT2D eigenvalue weighted by atomic mass is 14.0. The third-order valence-electron chi connectivity index (χ3n) is 3.15. The first-order chi connectivity index (χ1) is 8.91. The molecule has 0 fully saturated rings. The van der Waals surface area contributed by atoms with E-state index in [0.717, 1.165) is 12.8 Å². The van der Waals surface area contributed by atoms with Crippen LogP contribution >= 0.6 is 0 Å². The Bertz CT molecular complexity index is 166. The van der Waals surface area contributed by atoms with Crippen molar-refractivity contribution in [3.63, 3.8) is 0 Å². The minimum absolute atomic E-state index is 1.03. The molecule has 0 aliphatic carbocycles. The van der Waals surface area contributed by atoms with Gasteiger partial charge in [-0.1, -0.05) is 70.3 Å². The van der Waals surface area contributed by atoms with Gasteiger partial charge in [-0.3, -0.25) is 0 Å². The van der Waals surface area contributed by atoms with Crippen molar-refractivity contribution in [3.8, 4) is 0 Å². The van der Waals surface area contributed by atoms with Crippen LogP contribution in [0.5, 0.6) is 0 Å². The van der Waals surface area contributed by atoms with Crippen LogP contribution in [0.3, 0.4) is 0 Å². The standard InChI is InChI=1S/C18H33/c1-3-5-7-9-11-13-15-17-18-16-14-12-10-8-6-4-2/h7-10H,1,3-6,11-18H2,2H3. The number of rotatable bonds is 13. The van der Waals surface area contributed by atoms with Crippen LogP contribution in [0.2, 0.25) is 0 Å². The Morgan fingerprint density at radius 2 is 1.06 bits per heavy atom. The number of unbranched alkanes of at least 4 members (excludes halogenated alkanes) is 9. The lowest BCUT2D eigenvalue weighted by Gasteiger charge is -1.99. The van der Waals surface area contributed by atoms with Crippen molar-refractivity contribution >= 4 is 0 Å². The molecule has 0 aromatic rings. The van der Waals surface area contributed by atoms with Gasteiger partial charge in [-0.05, 0) is 44.9 Å². The first kappa shape index (κ1) is 17.5. The van der Waals surface area contributed by atoms with Gasteiger partial charge in [0.15, 0.2) is 0 Å². The average molecular weight is 249 g/mol. The minimum Gasteiger partial charge on any atom is -0.0885 e. The Labute approximate surface area is 116 Å². The Morgan fingerprint density at radius 1 is 0.611 bits per heavy atom. The smallest absolute Gasteiger partial charge is 0.0351 e. The highest BCUT2D eigenvalue weighted by Crippen LogP contribution is 2.09. The molecule has 0 bridgehead atoms. The predicted octanol–water partition coefficient (Wildman–Crippen LogP) is 6.63. The molecule has 0 spiro atoms. The normalized spacial score (nSPS) is 11.9. The number of hydrogen-bond donors (Lipinski definition) is 0. The van der Waals surface area contributed by atoms with Crippen LogP contribution in [0.15, 0.2) is 24.3 Å². The molecular weight excluding hydrogens is 216 g/mol. The molecule has 18 heavy (non-hydrogen) atoms. The fraction of sp³-hybridized carbons (Fsp3) is 0.722. The fourth-order valence-corrected chi connectivity index (χ4v) is 1.99. The van der Waals surface area contributed by atoms with Crippen LogP contribution in [-0.2, 0) is 0 Å². The second kappa shape index (κ2) is 16.5. The zero-order valence-corrected chi connectivity index (χ0v) is 12.5. The molecule has 0 heteroatoms. The Hall–Kier alpha value is -0.520. The van der Waals surface area contributed by atoms with Gasteiger partial charge in [0, 0.05) is 0 Å². The van der Waals surface area contributed by atoms with Gasteiger partial charge in [-0.15, -0.1) is 0 Å². The van der Waals surface area contributed by atoms with Crippen molar-refractivity contribution in [2.45, 2.75) is 84.0 Å². The van der Waals surface area contributed by atoms with Crippen LogP contribution in [-0.4, -0.2) is 0 Å². The van der Waals surface area contributed by atoms with Gasteiger partial charge in [-0.25, -0.2) is 0 Å². The zero-order chi connectivity index (χ0) is 13.3. The van der Waals surface area contributed by atoms with Gasteiger partial charge < -0.3 is 0 Å². The van der Waals surface area contributed by atoms with Crippen molar-refractivity contribution in [1.82, 2.24) is 0 Å². The van der Waals surface area contributed by atoms with Crippen molar-refractivity contribution in [2.24, 2.45) is 0 Å². The summed E-state index contributed by atoms with van der Waals surface area (Å²) in [4.78, 5) is 0. The van der Waals surface area contributed by atoms with Crippen molar-refractivity contribution < 1.29 is 0 Å². The molecule has 0 rings (SSSR count). The van der Waals surface area contributed by atoms with E-state index in [4.69, 9.17) is 0 Å². The summed E-state index contributed by atoms with van der Waals surface area (Å²) in [5, 5.41) is 0. The second-order valence-electron chi connectivity index (χ2n) is 5.07. The summed E-state index contributed by atoms with van der Waals surface area (Å²) < 4.78 is 0. The second-order valence-corrected chi connectivity index (χ2v) is 5.07. The summed E-state index contributed by atoms with van der Waals surface area (Å²) in [7, 11) is 0. The lowest BCUT2D eigenvalue weighted by molar-refractivity contribution is 0.599. The van der Waals surface area contributed by atoms with Gasteiger partial charge >= 0.3 is 0 Å². The molecule has 0 amide bonds. The van der Waals surface area contributed by atoms with E-state index >= 15 is 0 Å². The highest BCUT2D eigenvalue weighted by Gasteiger charge is 1.89. The number of hydrogen-bond acceptors (Lipinski definition) is 0. The molecule has 0 saturated carbocycles. The molecule has 0 saturated heterocycles. The maximum Gasteiger partial charge on any atom is -0.0351 e. The first-order valence-corrected chi connectivity index (χ1v) is 8.01. The van der Waals surface area contributed by atoms with Crippen LogP contribution in [0, 0.1) is 6.92 Å². The quantitative estimate of drug-likeness (QED) is 0.254. The third-order valence-corrected chi connectivity index (χ3v) is 3.15. The van der Waals surface area contributed by atoms with Gasteiger partial charge in [0.2, 0.25) is 0 Å². The topological polar surface area (TPSA) is 0 Å². The summed E-state index contributed by atoms with van der Waals surface area (Å²) >= 11 is 0. The minimum atomic E-state index is 1.03. The molecule has 0 aromatic heterocycles. The highest BCUT2D eigenvalue weighted by molar-refractivity contribution is 4.82. The maximum absolute atomic E-state index is 3.83. The summed E-state index contributed by atoms with van der Waals surface area (Å²) in [6, 6.07) is 0. The van der Waals surface area contributed by atoms with Gasteiger partial charge in [0.05, 0.1) is 0 Å². The predicted molar refractivity (Wildman–Crippen MR) is 84.7 cm³/mol. The molecule has 0 atom stereocenters. The van der Waals surface area contributed by atoms with E-state index in [1.54, 1.807) is 0 Å². The van der Waals surface area contributed by atoms with E-state index in [0.29, 0.717) is 0 Å². The van der Waals surface area contributed by atoms with Gasteiger partial charge in [0.1, 0.15) is 0 Å². The Morgan fingerprint density at radius 3 is 1.56 bits per heavy atom. The van der Waals surface area contributed by atoms with Crippen LogP contribution < -0.4 is 0 Å². The molecule has 0 unspecified atom stereocenters. The van der Waals surface area contributed by atoms with Gasteiger partial charge in [0.25, 0.3) is 0 Å². The molecule has 0 heterocycles.